The standard InChI is InChI=1S/C19H20N2OS/c1-13-5-3-4-6-16(13)11-22-18-8-7-15(9-17(18)20)10-19-21-14(2)12-23-19/h3-9,12H,10-11,20H2,1-2H3. The van der Waals surface area contributed by atoms with E-state index in [0.29, 0.717) is 12.3 Å². The molecule has 0 aliphatic carbocycles. The van der Waals surface area contributed by atoms with Gasteiger partial charge in [-0.05, 0) is 42.7 Å². The van der Waals surface area contributed by atoms with Crippen molar-refractivity contribution in [3.63, 3.8) is 0 Å². The van der Waals surface area contributed by atoms with Crippen LogP contribution in [0.5, 0.6) is 5.75 Å². The van der Waals surface area contributed by atoms with Crippen LogP contribution < -0.4 is 10.5 Å². The minimum atomic E-state index is 0.530. The summed E-state index contributed by atoms with van der Waals surface area (Å²) in [5.74, 6) is 0.729. The van der Waals surface area contributed by atoms with E-state index < -0.39 is 0 Å². The van der Waals surface area contributed by atoms with E-state index in [4.69, 9.17) is 10.5 Å². The average molecular weight is 324 g/mol. The molecule has 3 rings (SSSR count). The number of nitrogens with zero attached hydrogens (tertiary/aromatic N) is 1. The number of nitrogens with two attached hydrogens (primary N) is 1. The number of rotatable bonds is 5. The third-order valence-corrected chi connectivity index (χ3v) is 4.71. The van der Waals surface area contributed by atoms with Crippen LogP contribution in [0.2, 0.25) is 0 Å². The summed E-state index contributed by atoms with van der Waals surface area (Å²) in [6, 6.07) is 14.2. The smallest absolute Gasteiger partial charge is 0.142 e. The SMILES string of the molecule is Cc1csc(Cc2ccc(OCc3ccccc3C)c(N)c2)n1. The molecule has 3 nitrogen and oxygen atoms in total. The van der Waals surface area contributed by atoms with Crippen molar-refractivity contribution in [3.8, 4) is 5.75 Å². The molecule has 0 aliphatic heterocycles. The fourth-order valence-corrected chi connectivity index (χ4v) is 3.23. The number of aryl methyl sites for hydroxylation is 2. The van der Waals surface area contributed by atoms with Crippen molar-refractivity contribution in [2.24, 2.45) is 0 Å². The molecule has 0 aliphatic rings. The van der Waals surface area contributed by atoms with Gasteiger partial charge in [-0.1, -0.05) is 30.3 Å². The minimum absolute atomic E-state index is 0.530. The molecule has 3 aromatic rings. The maximum atomic E-state index is 6.14. The Kier molecular flexibility index (Phi) is 4.63. The van der Waals surface area contributed by atoms with E-state index >= 15 is 0 Å². The first kappa shape index (κ1) is 15.6. The molecule has 0 bridgehead atoms. The Morgan fingerprint density at radius 3 is 2.65 bits per heavy atom. The van der Waals surface area contributed by atoms with Crippen LogP contribution in [0.15, 0.2) is 47.8 Å². The minimum Gasteiger partial charge on any atom is -0.487 e. The second-order valence-electron chi connectivity index (χ2n) is 5.65. The predicted molar refractivity (Wildman–Crippen MR) is 96.0 cm³/mol. The summed E-state index contributed by atoms with van der Waals surface area (Å²) in [6.45, 7) is 4.62. The molecular formula is C19H20N2OS. The molecule has 0 radical (unpaired) electrons. The van der Waals surface area contributed by atoms with Gasteiger partial charge in [-0.3, -0.25) is 0 Å². The van der Waals surface area contributed by atoms with Crippen molar-refractivity contribution in [2.75, 3.05) is 5.73 Å². The van der Waals surface area contributed by atoms with E-state index in [-0.39, 0.29) is 0 Å². The molecule has 0 spiro atoms. The van der Waals surface area contributed by atoms with Gasteiger partial charge in [0, 0.05) is 17.5 Å². The topological polar surface area (TPSA) is 48.1 Å². The third-order valence-electron chi connectivity index (χ3n) is 3.74. The largest absolute Gasteiger partial charge is 0.487 e. The second-order valence-corrected chi connectivity index (χ2v) is 6.59. The van der Waals surface area contributed by atoms with Crippen LogP contribution in [0, 0.1) is 13.8 Å². The Bertz CT molecular complexity index is 811. The van der Waals surface area contributed by atoms with Crippen molar-refractivity contribution in [2.45, 2.75) is 26.9 Å². The van der Waals surface area contributed by atoms with E-state index in [1.807, 2.05) is 31.2 Å². The molecule has 0 atom stereocenters. The third kappa shape index (κ3) is 3.90. The van der Waals surface area contributed by atoms with Gasteiger partial charge in [-0.25, -0.2) is 4.98 Å². The van der Waals surface area contributed by atoms with Crippen LogP contribution in [-0.2, 0) is 13.0 Å². The monoisotopic (exact) mass is 324 g/mol. The molecular weight excluding hydrogens is 304 g/mol. The summed E-state index contributed by atoms with van der Waals surface area (Å²) in [7, 11) is 0. The van der Waals surface area contributed by atoms with Crippen molar-refractivity contribution in [3.05, 3.63) is 75.2 Å². The number of hydrogen-bond donors (Lipinski definition) is 1. The van der Waals surface area contributed by atoms with Crippen LogP contribution in [0.25, 0.3) is 0 Å². The maximum absolute atomic E-state index is 6.14. The normalized spacial score (nSPS) is 10.7. The number of ether oxygens (including phenoxy) is 1. The number of anilines is 1. The van der Waals surface area contributed by atoms with Crippen molar-refractivity contribution in [1.29, 1.82) is 0 Å². The predicted octanol–water partition coefficient (Wildman–Crippen LogP) is 4.51. The fraction of sp³-hybridized carbons (Fsp3) is 0.211. The quantitative estimate of drug-likeness (QED) is 0.702. The highest BCUT2D eigenvalue weighted by Crippen LogP contribution is 2.25. The summed E-state index contributed by atoms with van der Waals surface area (Å²) < 4.78 is 5.87. The zero-order valence-electron chi connectivity index (χ0n) is 13.4. The van der Waals surface area contributed by atoms with Gasteiger partial charge in [0.1, 0.15) is 12.4 Å². The Labute approximate surface area is 140 Å². The number of aromatic nitrogens is 1. The van der Waals surface area contributed by atoms with E-state index in [1.54, 1.807) is 11.3 Å². The van der Waals surface area contributed by atoms with Gasteiger partial charge < -0.3 is 10.5 Å². The van der Waals surface area contributed by atoms with Crippen LogP contribution in [0.4, 0.5) is 5.69 Å². The summed E-state index contributed by atoms with van der Waals surface area (Å²) in [5, 5.41) is 3.17. The highest BCUT2D eigenvalue weighted by atomic mass is 32.1. The van der Waals surface area contributed by atoms with E-state index in [9.17, 15) is 0 Å². The molecule has 0 fully saturated rings. The van der Waals surface area contributed by atoms with Gasteiger partial charge in [0.05, 0.1) is 10.7 Å². The lowest BCUT2D eigenvalue weighted by Gasteiger charge is -2.11. The molecule has 2 N–H and O–H groups in total. The zero-order valence-corrected chi connectivity index (χ0v) is 14.2. The molecule has 0 amide bonds. The average Bonchev–Trinajstić information content (AvgIpc) is 2.93. The summed E-state index contributed by atoms with van der Waals surface area (Å²) >= 11 is 1.68. The van der Waals surface area contributed by atoms with Crippen molar-refractivity contribution >= 4 is 17.0 Å². The first-order chi connectivity index (χ1) is 11.1. The molecule has 0 saturated heterocycles. The molecule has 23 heavy (non-hydrogen) atoms. The van der Waals surface area contributed by atoms with Crippen molar-refractivity contribution < 1.29 is 4.74 Å². The van der Waals surface area contributed by atoms with E-state index in [0.717, 1.165) is 28.4 Å². The van der Waals surface area contributed by atoms with Gasteiger partial charge in [-0.2, -0.15) is 0 Å². The van der Waals surface area contributed by atoms with Crippen LogP contribution >= 0.6 is 11.3 Å². The molecule has 2 aromatic carbocycles. The number of thiazole rings is 1. The fourth-order valence-electron chi connectivity index (χ4n) is 2.43. The summed E-state index contributed by atoms with van der Waals surface area (Å²) in [5.41, 5.74) is 11.4. The van der Waals surface area contributed by atoms with Crippen molar-refractivity contribution in [1.82, 2.24) is 4.98 Å². The first-order valence-corrected chi connectivity index (χ1v) is 8.46. The summed E-state index contributed by atoms with van der Waals surface area (Å²) in [4.78, 5) is 4.49. The Balaban J connectivity index is 1.68. The molecule has 1 heterocycles. The van der Waals surface area contributed by atoms with Gasteiger partial charge in [0.25, 0.3) is 0 Å². The zero-order chi connectivity index (χ0) is 16.2. The van der Waals surface area contributed by atoms with E-state index in [2.05, 4.69) is 35.5 Å². The van der Waals surface area contributed by atoms with Crippen LogP contribution in [0.3, 0.4) is 0 Å². The highest BCUT2D eigenvalue weighted by molar-refractivity contribution is 7.09. The number of nitrogen functional groups attached to an aromatic ring is 1. The van der Waals surface area contributed by atoms with E-state index in [1.165, 1.54) is 11.1 Å². The molecule has 0 unspecified atom stereocenters. The lowest BCUT2D eigenvalue weighted by Crippen LogP contribution is -2.01. The van der Waals surface area contributed by atoms with Gasteiger partial charge >= 0.3 is 0 Å². The Hall–Kier alpha value is -2.33. The first-order valence-electron chi connectivity index (χ1n) is 7.58. The maximum Gasteiger partial charge on any atom is 0.142 e. The molecule has 0 saturated carbocycles. The Morgan fingerprint density at radius 2 is 1.96 bits per heavy atom. The van der Waals surface area contributed by atoms with Gasteiger partial charge in [0.2, 0.25) is 0 Å². The molecule has 118 valence electrons. The molecule has 1 aromatic heterocycles. The van der Waals surface area contributed by atoms with Gasteiger partial charge in [0.15, 0.2) is 0 Å². The Morgan fingerprint density at radius 1 is 1.13 bits per heavy atom. The molecule has 4 heteroatoms. The van der Waals surface area contributed by atoms with Crippen LogP contribution in [0.1, 0.15) is 27.4 Å². The lowest BCUT2D eigenvalue weighted by atomic mass is 10.1. The lowest BCUT2D eigenvalue weighted by molar-refractivity contribution is 0.307. The number of hydrogen-bond acceptors (Lipinski definition) is 4. The van der Waals surface area contributed by atoms with Gasteiger partial charge in [-0.15, -0.1) is 11.3 Å². The number of benzene rings is 2. The van der Waals surface area contributed by atoms with Crippen LogP contribution in [-0.4, -0.2) is 4.98 Å². The second kappa shape index (κ2) is 6.84. The highest BCUT2D eigenvalue weighted by Gasteiger charge is 2.06. The summed E-state index contributed by atoms with van der Waals surface area (Å²) in [6.07, 6.45) is 0.806.